The SMILES string of the molecule is CC[C@@H](CO)NC(=O)/C=C/c1ccc(C2CC2C)o1. The Bertz CT molecular complexity index is 460. The average Bonchev–Trinajstić information content (AvgIpc) is 2.96. The lowest BCUT2D eigenvalue weighted by Gasteiger charge is -2.11. The van der Waals surface area contributed by atoms with Crippen LogP contribution >= 0.6 is 0 Å². The van der Waals surface area contributed by atoms with Gasteiger partial charge in [0.1, 0.15) is 11.5 Å². The van der Waals surface area contributed by atoms with E-state index in [0.717, 1.165) is 5.76 Å². The summed E-state index contributed by atoms with van der Waals surface area (Å²) in [6.07, 6.45) is 5.00. The fourth-order valence-electron chi connectivity index (χ4n) is 2.06. The topological polar surface area (TPSA) is 62.5 Å². The van der Waals surface area contributed by atoms with Crippen LogP contribution in [0.4, 0.5) is 0 Å². The van der Waals surface area contributed by atoms with E-state index < -0.39 is 0 Å². The van der Waals surface area contributed by atoms with Gasteiger partial charge in [0.25, 0.3) is 0 Å². The second kappa shape index (κ2) is 6.06. The van der Waals surface area contributed by atoms with Gasteiger partial charge in [-0.25, -0.2) is 0 Å². The standard InChI is InChI=1S/C15H21NO3/c1-3-11(9-17)16-15(18)7-5-12-4-6-14(19-12)13-8-10(13)2/h4-7,10-11,13,17H,3,8-9H2,1-2H3,(H,16,18)/b7-5+/t10?,11-,13?/m0/s1. The van der Waals surface area contributed by atoms with Crippen LogP contribution in [-0.4, -0.2) is 23.7 Å². The summed E-state index contributed by atoms with van der Waals surface area (Å²) in [5, 5.41) is 11.7. The van der Waals surface area contributed by atoms with Crippen molar-refractivity contribution in [3.05, 3.63) is 29.7 Å². The van der Waals surface area contributed by atoms with Gasteiger partial charge in [-0.3, -0.25) is 4.79 Å². The van der Waals surface area contributed by atoms with Crippen molar-refractivity contribution in [3.8, 4) is 0 Å². The molecule has 1 saturated carbocycles. The largest absolute Gasteiger partial charge is 0.461 e. The number of furan rings is 1. The zero-order valence-electron chi connectivity index (χ0n) is 11.4. The number of hydrogen-bond donors (Lipinski definition) is 2. The van der Waals surface area contributed by atoms with E-state index in [9.17, 15) is 4.79 Å². The fourth-order valence-corrected chi connectivity index (χ4v) is 2.06. The summed E-state index contributed by atoms with van der Waals surface area (Å²) >= 11 is 0. The van der Waals surface area contributed by atoms with Crippen LogP contribution in [0.25, 0.3) is 6.08 Å². The van der Waals surface area contributed by atoms with Gasteiger partial charge in [0, 0.05) is 12.0 Å². The smallest absolute Gasteiger partial charge is 0.244 e. The monoisotopic (exact) mass is 263 g/mol. The lowest BCUT2D eigenvalue weighted by molar-refractivity contribution is -0.117. The van der Waals surface area contributed by atoms with Crippen molar-refractivity contribution in [2.75, 3.05) is 6.61 Å². The summed E-state index contributed by atoms with van der Waals surface area (Å²) in [5.41, 5.74) is 0. The molecule has 2 N–H and O–H groups in total. The molecule has 2 rings (SSSR count). The Morgan fingerprint density at radius 3 is 2.95 bits per heavy atom. The molecule has 0 bridgehead atoms. The van der Waals surface area contributed by atoms with Gasteiger partial charge >= 0.3 is 0 Å². The van der Waals surface area contributed by atoms with Gasteiger partial charge in [0.2, 0.25) is 5.91 Å². The molecule has 3 atom stereocenters. The molecule has 4 heteroatoms. The van der Waals surface area contributed by atoms with Gasteiger partial charge in [-0.1, -0.05) is 13.8 Å². The molecule has 0 aromatic carbocycles. The Kier molecular flexibility index (Phi) is 4.43. The van der Waals surface area contributed by atoms with Crippen LogP contribution in [0.5, 0.6) is 0 Å². The molecule has 1 aromatic heterocycles. The highest BCUT2D eigenvalue weighted by molar-refractivity contribution is 5.91. The molecule has 104 valence electrons. The Morgan fingerprint density at radius 1 is 1.63 bits per heavy atom. The number of amides is 1. The number of hydrogen-bond acceptors (Lipinski definition) is 3. The highest BCUT2D eigenvalue weighted by Gasteiger charge is 2.36. The van der Waals surface area contributed by atoms with Gasteiger partial charge in [-0.2, -0.15) is 0 Å². The molecular weight excluding hydrogens is 242 g/mol. The second-order valence-electron chi connectivity index (χ2n) is 5.19. The molecule has 2 unspecified atom stereocenters. The molecule has 1 fully saturated rings. The maximum Gasteiger partial charge on any atom is 0.244 e. The van der Waals surface area contributed by atoms with Gasteiger partial charge in [0.15, 0.2) is 0 Å². The van der Waals surface area contributed by atoms with Gasteiger partial charge < -0.3 is 14.8 Å². The first-order chi connectivity index (χ1) is 9.13. The normalized spacial score (nSPS) is 23.5. The highest BCUT2D eigenvalue weighted by atomic mass is 16.3. The van der Waals surface area contributed by atoms with Crippen molar-refractivity contribution in [1.82, 2.24) is 5.32 Å². The lowest BCUT2D eigenvalue weighted by atomic mass is 10.2. The van der Waals surface area contributed by atoms with Crippen LogP contribution in [-0.2, 0) is 4.79 Å². The number of carbonyl (C=O) groups is 1. The molecule has 0 saturated heterocycles. The third-order valence-electron chi connectivity index (χ3n) is 3.58. The number of aliphatic hydroxyl groups is 1. The van der Waals surface area contributed by atoms with Crippen molar-refractivity contribution in [2.24, 2.45) is 5.92 Å². The zero-order valence-corrected chi connectivity index (χ0v) is 11.4. The summed E-state index contributed by atoms with van der Waals surface area (Å²) in [7, 11) is 0. The predicted molar refractivity (Wildman–Crippen MR) is 73.6 cm³/mol. The van der Waals surface area contributed by atoms with Crippen molar-refractivity contribution < 1.29 is 14.3 Å². The Labute approximate surface area is 113 Å². The first-order valence-corrected chi connectivity index (χ1v) is 6.83. The van der Waals surface area contributed by atoms with Crippen LogP contribution in [0.15, 0.2) is 22.6 Å². The van der Waals surface area contributed by atoms with Crippen LogP contribution in [0, 0.1) is 5.92 Å². The minimum Gasteiger partial charge on any atom is -0.461 e. The molecule has 0 spiro atoms. The molecule has 1 amide bonds. The molecule has 1 aromatic rings. The van der Waals surface area contributed by atoms with Gasteiger partial charge in [0.05, 0.1) is 12.6 Å². The van der Waals surface area contributed by atoms with E-state index in [4.69, 9.17) is 9.52 Å². The molecular formula is C15H21NO3. The first kappa shape index (κ1) is 13.9. The van der Waals surface area contributed by atoms with Crippen LogP contribution in [0.2, 0.25) is 0 Å². The fraction of sp³-hybridized carbons (Fsp3) is 0.533. The highest BCUT2D eigenvalue weighted by Crippen LogP contribution is 2.47. The number of rotatable bonds is 6. The van der Waals surface area contributed by atoms with Crippen molar-refractivity contribution in [2.45, 2.75) is 38.6 Å². The van der Waals surface area contributed by atoms with E-state index in [2.05, 4.69) is 12.2 Å². The van der Waals surface area contributed by atoms with Crippen molar-refractivity contribution in [3.63, 3.8) is 0 Å². The summed E-state index contributed by atoms with van der Waals surface area (Å²) in [6.45, 7) is 4.08. The van der Waals surface area contributed by atoms with Crippen LogP contribution in [0.1, 0.15) is 44.1 Å². The Balaban J connectivity index is 1.87. The maximum atomic E-state index is 11.6. The summed E-state index contributed by atoms with van der Waals surface area (Å²) in [6, 6.07) is 3.68. The third-order valence-corrected chi connectivity index (χ3v) is 3.58. The summed E-state index contributed by atoms with van der Waals surface area (Å²) in [4.78, 5) is 11.6. The van der Waals surface area contributed by atoms with E-state index in [1.807, 2.05) is 19.1 Å². The molecule has 19 heavy (non-hydrogen) atoms. The van der Waals surface area contributed by atoms with E-state index in [1.165, 1.54) is 12.5 Å². The molecule has 0 aliphatic heterocycles. The van der Waals surface area contributed by atoms with E-state index in [1.54, 1.807) is 6.08 Å². The first-order valence-electron chi connectivity index (χ1n) is 6.83. The predicted octanol–water partition coefficient (Wildman–Crippen LogP) is 2.30. The second-order valence-corrected chi connectivity index (χ2v) is 5.19. The molecule has 1 aliphatic carbocycles. The van der Waals surface area contributed by atoms with Gasteiger partial charge in [-0.05, 0) is 37.0 Å². The molecule has 1 aliphatic rings. The van der Waals surface area contributed by atoms with E-state index in [-0.39, 0.29) is 18.6 Å². The van der Waals surface area contributed by atoms with Crippen LogP contribution in [0.3, 0.4) is 0 Å². The van der Waals surface area contributed by atoms with Crippen molar-refractivity contribution >= 4 is 12.0 Å². The summed E-state index contributed by atoms with van der Waals surface area (Å²) < 4.78 is 5.67. The molecule has 4 nitrogen and oxygen atoms in total. The van der Waals surface area contributed by atoms with Crippen LogP contribution < -0.4 is 5.32 Å². The van der Waals surface area contributed by atoms with E-state index >= 15 is 0 Å². The van der Waals surface area contributed by atoms with Crippen molar-refractivity contribution in [1.29, 1.82) is 0 Å². The van der Waals surface area contributed by atoms with Gasteiger partial charge in [-0.15, -0.1) is 0 Å². The molecule has 0 radical (unpaired) electrons. The average molecular weight is 263 g/mol. The summed E-state index contributed by atoms with van der Waals surface area (Å²) in [5.74, 6) is 2.75. The number of nitrogens with one attached hydrogen (secondary N) is 1. The van der Waals surface area contributed by atoms with E-state index in [0.29, 0.717) is 24.0 Å². The Morgan fingerprint density at radius 2 is 2.37 bits per heavy atom. The Hall–Kier alpha value is -1.55. The third kappa shape index (κ3) is 3.70. The number of carbonyl (C=O) groups excluding carboxylic acids is 1. The molecule has 1 heterocycles. The quantitative estimate of drug-likeness (QED) is 0.774. The number of aliphatic hydroxyl groups excluding tert-OH is 1. The zero-order chi connectivity index (χ0) is 13.8. The maximum absolute atomic E-state index is 11.6. The minimum absolute atomic E-state index is 0.0411. The lowest BCUT2D eigenvalue weighted by Crippen LogP contribution is -2.35. The minimum atomic E-state index is -0.210.